The van der Waals surface area contributed by atoms with E-state index in [1.807, 2.05) is 0 Å². The van der Waals surface area contributed by atoms with Crippen LogP contribution in [-0.4, -0.2) is 35.6 Å². The first-order valence-electron chi connectivity index (χ1n) is 10.1. The number of aromatic amines is 1. The molecule has 0 fully saturated rings. The Morgan fingerprint density at radius 1 is 1.09 bits per heavy atom. The highest BCUT2D eigenvalue weighted by Gasteiger charge is 2.18. The fourth-order valence-electron chi connectivity index (χ4n) is 3.11. The molecule has 8 nitrogen and oxygen atoms in total. The molecule has 0 bridgehead atoms. The Bertz CT molecular complexity index is 1130. The van der Waals surface area contributed by atoms with Crippen molar-refractivity contribution >= 4 is 17.6 Å². The molecule has 5 N–H and O–H groups in total. The Labute approximate surface area is 190 Å². The molecule has 0 spiro atoms. The summed E-state index contributed by atoms with van der Waals surface area (Å²) in [5.41, 5.74) is 13.3. The van der Waals surface area contributed by atoms with Gasteiger partial charge in [-0.3, -0.25) is 0 Å². The molecular weight excluding hydrogens is 432 g/mol. The lowest BCUT2D eigenvalue weighted by molar-refractivity contribution is -0.136. The van der Waals surface area contributed by atoms with E-state index in [2.05, 4.69) is 9.97 Å². The number of hydrogen-bond acceptors (Lipinski definition) is 7. The third kappa shape index (κ3) is 5.94. The average Bonchev–Trinajstić information content (AvgIpc) is 2.79. The molecule has 9 heteroatoms. The van der Waals surface area contributed by atoms with Crippen LogP contribution in [0.5, 0.6) is 11.5 Å². The van der Waals surface area contributed by atoms with Crippen LogP contribution in [0.1, 0.15) is 19.3 Å². The summed E-state index contributed by atoms with van der Waals surface area (Å²) in [6, 6.07) is 13.0. The molecule has 0 saturated heterocycles. The molecule has 1 aromatic heterocycles. The van der Waals surface area contributed by atoms with Gasteiger partial charge in [0.2, 0.25) is 0 Å². The van der Waals surface area contributed by atoms with Gasteiger partial charge < -0.3 is 25.9 Å². The molecule has 0 aliphatic heterocycles. The number of ether oxygens (including phenoxy) is 2. The number of rotatable bonds is 9. The topological polar surface area (TPSA) is 133 Å². The number of methoxy groups -OCH3 is 1. The standard InChI is InChI=1S/C23H25ClN4O4/c1-31-21-12-15(7-10-20(21)32-22(29)17(26)4-2-3-11-25)19-13-18(27-23(30)28-19)14-5-8-16(24)9-6-14/h5-10,12-13,17H,2-4,11,25-26H2,1H3,(H,27,28,30)/t17-/m1/s1. The van der Waals surface area contributed by atoms with Gasteiger partial charge >= 0.3 is 11.7 Å². The minimum atomic E-state index is -0.748. The molecule has 0 aliphatic rings. The maximum atomic E-state index is 12.3. The highest BCUT2D eigenvalue weighted by atomic mass is 35.5. The number of aromatic nitrogens is 2. The minimum absolute atomic E-state index is 0.235. The number of unbranched alkanes of at least 4 members (excludes halogenated alkanes) is 1. The SMILES string of the molecule is COc1cc(-c2cc(-c3ccc(Cl)cc3)[nH]c(=O)n2)ccc1OC(=O)[C@H](N)CCCCN. The highest BCUT2D eigenvalue weighted by molar-refractivity contribution is 6.30. The lowest BCUT2D eigenvalue weighted by Crippen LogP contribution is -2.34. The van der Waals surface area contributed by atoms with Gasteiger partial charge in [-0.05, 0) is 61.3 Å². The first-order valence-corrected chi connectivity index (χ1v) is 10.5. The normalized spacial score (nSPS) is 11.8. The average molecular weight is 457 g/mol. The van der Waals surface area contributed by atoms with E-state index in [0.717, 1.165) is 18.4 Å². The number of benzene rings is 2. The lowest BCUT2D eigenvalue weighted by atomic mass is 10.1. The molecule has 0 radical (unpaired) electrons. The van der Waals surface area contributed by atoms with Crippen molar-refractivity contribution in [1.29, 1.82) is 0 Å². The van der Waals surface area contributed by atoms with Crippen LogP contribution >= 0.6 is 11.6 Å². The summed E-state index contributed by atoms with van der Waals surface area (Å²) in [7, 11) is 1.46. The number of nitrogens with two attached hydrogens (primary N) is 2. The predicted molar refractivity (Wildman–Crippen MR) is 124 cm³/mol. The van der Waals surface area contributed by atoms with Crippen LogP contribution in [0.4, 0.5) is 0 Å². The molecule has 168 valence electrons. The summed E-state index contributed by atoms with van der Waals surface area (Å²) < 4.78 is 10.8. The molecular formula is C23H25ClN4O4. The van der Waals surface area contributed by atoms with Crippen molar-refractivity contribution in [2.45, 2.75) is 25.3 Å². The molecule has 3 rings (SSSR count). The van der Waals surface area contributed by atoms with Crippen LogP contribution in [0.2, 0.25) is 5.02 Å². The molecule has 0 aliphatic carbocycles. The Morgan fingerprint density at radius 3 is 2.50 bits per heavy atom. The zero-order chi connectivity index (χ0) is 23.1. The second-order valence-corrected chi connectivity index (χ2v) is 7.61. The third-order valence-electron chi connectivity index (χ3n) is 4.84. The van der Waals surface area contributed by atoms with Crippen LogP contribution in [0.15, 0.2) is 53.3 Å². The van der Waals surface area contributed by atoms with E-state index < -0.39 is 17.7 Å². The number of hydrogen-bond donors (Lipinski definition) is 3. The summed E-state index contributed by atoms with van der Waals surface area (Å²) in [4.78, 5) is 31.2. The number of nitrogens with one attached hydrogen (secondary N) is 1. The van der Waals surface area contributed by atoms with Gasteiger partial charge in [0.1, 0.15) is 6.04 Å². The highest BCUT2D eigenvalue weighted by Crippen LogP contribution is 2.33. The Morgan fingerprint density at radius 2 is 1.81 bits per heavy atom. The van der Waals surface area contributed by atoms with Gasteiger partial charge in [-0.2, -0.15) is 4.98 Å². The molecule has 2 aromatic carbocycles. The second-order valence-electron chi connectivity index (χ2n) is 7.17. The van der Waals surface area contributed by atoms with E-state index >= 15 is 0 Å². The number of halogens is 1. The number of nitrogens with zero attached hydrogens (tertiary/aromatic N) is 1. The van der Waals surface area contributed by atoms with Crippen molar-refractivity contribution < 1.29 is 14.3 Å². The smallest absolute Gasteiger partial charge is 0.345 e. The van der Waals surface area contributed by atoms with E-state index in [0.29, 0.717) is 40.7 Å². The lowest BCUT2D eigenvalue weighted by Gasteiger charge is -2.14. The molecule has 32 heavy (non-hydrogen) atoms. The zero-order valence-electron chi connectivity index (χ0n) is 17.6. The monoisotopic (exact) mass is 456 g/mol. The van der Waals surface area contributed by atoms with Gasteiger partial charge in [0.15, 0.2) is 11.5 Å². The van der Waals surface area contributed by atoms with Gasteiger partial charge in [-0.1, -0.05) is 30.2 Å². The summed E-state index contributed by atoms with van der Waals surface area (Å²) in [6.07, 6.45) is 2.02. The minimum Gasteiger partial charge on any atom is -0.493 e. The molecule has 0 saturated carbocycles. The number of H-pyrrole nitrogens is 1. The largest absolute Gasteiger partial charge is 0.493 e. The van der Waals surface area contributed by atoms with E-state index in [9.17, 15) is 9.59 Å². The van der Waals surface area contributed by atoms with Gasteiger partial charge in [0.25, 0.3) is 0 Å². The van der Waals surface area contributed by atoms with Crippen molar-refractivity contribution in [2.75, 3.05) is 13.7 Å². The van der Waals surface area contributed by atoms with Crippen molar-refractivity contribution in [3.8, 4) is 34.0 Å². The number of carbonyl (C=O) groups is 1. The van der Waals surface area contributed by atoms with E-state index in [-0.39, 0.29) is 5.75 Å². The van der Waals surface area contributed by atoms with Crippen LogP contribution in [0, 0.1) is 0 Å². The van der Waals surface area contributed by atoms with Gasteiger partial charge in [-0.25, -0.2) is 9.59 Å². The van der Waals surface area contributed by atoms with Crippen molar-refractivity contribution in [2.24, 2.45) is 11.5 Å². The van der Waals surface area contributed by atoms with Crippen molar-refractivity contribution in [1.82, 2.24) is 9.97 Å². The van der Waals surface area contributed by atoms with Crippen molar-refractivity contribution in [3.63, 3.8) is 0 Å². The number of esters is 1. The van der Waals surface area contributed by atoms with Crippen LogP contribution in [0.25, 0.3) is 22.5 Å². The second kappa shape index (κ2) is 10.9. The molecule has 1 heterocycles. The quantitative estimate of drug-likeness (QED) is 0.256. The summed E-state index contributed by atoms with van der Waals surface area (Å²) >= 11 is 5.95. The van der Waals surface area contributed by atoms with E-state index in [1.165, 1.54) is 7.11 Å². The first kappa shape index (κ1) is 23.5. The molecule has 0 amide bonds. The summed E-state index contributed by atoms with van der Waals surface area (Å²) in [5, 5.41) is 0.597. The van der Waals surface area contributed by atoms with E-state index in [4.69, 9.17) is 32.5 Å². The number of carbonyl (C=O) groups excluding carboxylic acids is 1. The third-order valence-corrected chi connectivity index (χ3v) is 5.09. The first-order chi connectivity index (χ1) is 15.4. The fraction of sp³-hybridized carbons (Fsp3) is 0.261. The van der Waals surface area contributed by atoms with Crippen LogP contribution in [0.3, 0.4) is 0 Å². The van der Waals surface area contributed by atoms with E-state index in [1.54, 1.807) is 48.5 Å². The Balaban J connectivity index is 1.85. The predicted octanol–water partition coefficient (Wildman–Crippen LogP) is 3.13. The van der Waals surface area contributed by atoms with Gasteiger partial charge in [-0.15, -0.1) is 0 Å². The maximum Gasteiger partial charge on any atom is 0.345 e. The van der Waals surface area contributed by atoms with Gasteiger partial charge in [0, 0.05) is 10.6 Å². The zero-order valence-corrected chi connectivity index (χ0v) is 18.4. The fourth-order valence-corrected chi connectivity index (χ4v) is 3.24. The summed E-state index contributed by atoms with van der Waals surface area (Å²) in [5.74, 6) is 0.00537. The summed E-state index contributed by atoms with van der Waals surface area (Å²) in [6.45, 7) is 0.549. The van der Waals surface area contributed by atoms with Crippen LogP contribution in [-0.2, 0) is 4.79 Å². The molecule has 0 unspecified atom stereocenters. The maximum absolute atomic E-state index is 12.3. The van der Waals surface area contributed by atoms with Gasteiger partial charge in [0.05, 0.1) is 18.5 Å². The molecule has 3 aromatic rings. The molecule has 1 atom stereocenters. The Hall–Kier alpha value is -3.20. The van der Waals surface area contributed by atoms with Crippen LogP contribution < -0.4 is 26.6 Å². The Kier molecular flexibility index (Phi) is 7.99. The van der Waals surface area contributed by atoms with Crippen molar-refractivity contribution in [3.05, 3.63) is 64.0 Å².